The molecule has 148 valence electrons. The zero-order valence-corrected chi connectivity index (χ0v) is 17.6. The van der Waals surface area contributed by atoms with E-state index in [9.17, 15) is 9.59 Å². The van der Waals surface area contributed by atoms with E-state index < -0.39 is 0 Å². The lowest BCUT2D eigenvalue weighted by Crippen LogP contribution is -2.29. The summed E-state index contributed by atoms with van der Waals surface area (Å²) in [7, 11) is 1.67. The topological polar surface area (TPSA) is 96.8 Å². The van der Waals surface area contributed by atoms with Crippen LogP contribution in [0.3, 0.4) is 0 Å². The third-order valence-electron chi connectivity index (χ3n) is 4.10. The maximum absolute atomic E-state index is 12.6. The Kier molecular flexibility index (Phi) is 5.65. The zero-order valence-electron chi connectivity index (χ0n) is 15.2. The second-order valence-corrected chi connectivity index (χ2v) is 8.44. The lowest BCUT2D eigenvalue weighted by molar-refractivity contribution is -0.127. The maximum atomic E-state index is 12.6. The molecule has 0 radical (unpaired) electrons. The number of nitrogens with zero attached hydrogens (tertiary/aromatic N) is 5. The molecule has 0 bridgehead atoms. The number of benzene rings is 1. The molecule has 0 fully saturated rings. The van der Waals surface area contributed by atoms with Gasteiger partial charge in [-0.3, -0.25) is 14.2 Å². The summed E-state index contributed by atoms with van der Waals surface area (Å²) < 4.78 is 2.35. The van der Waals surface area contributed by atoms with Gasteiger partial charge in [0.2, 0.25) is 5.91 Å². The summed E-state index contributed by atoms with van der Waals surface area (Å²) >= 11 is 8.66. The Balaban J connectivity index is 1.42. The normalized spacial score (nSPS) is 11.1. The Morgan fingerprint density at radius 1 is 1.38 bits per heavy atom. The van der Waals surface area contributed by atoms with E-state index >= 15 is 0 Å². The van der Waals surface area contributed by atoms with Gasteiger partial charge in [-0.15, -0.1) is 21.5 Å². The summed E-state index contributed by atoms with van der Waals surface area (Å²) in [6.45, 7) is 0.210. The van der Waals surface area contributed by atoms with E-state index in [1.54, 1.807) is 36.1 Å². The molecule has 4 rings (SSSR count). The fourth-order valence-electron chi connectivity index (χ4n) is 2.67. The molecule has 0 saturated carbocycles. The number of nitrogens with one attached hydrogen (secondary N) is 1. The number of hydrogen-bond donors (Lipinski definition) is 1. The van der Waals surface area contributed by atoms with Gasteiger partial charge < -0.3 is 9.88 Å². The van der Waals surface area contributed by atoms with Crippen LogP contribution in [0.5, 0.6) is 0 Å². The Hall–Kier alpha value is -2.69. The van der Waals surface area contributed by atoms with E-state index in [1.165, 1.54) is 28.0 Å². The smallest absolute Gasteiger partial charge is 0.268 e. The van der Waals surface area contributed by atoms with E-state index in [0.29, 0.717) is 26.2 Å². The summed E-state index contributed by atoms with van der Waals surface area (Å²) in [5.41, 5.74) is 1.26. The first-order valence-corrected chi connectivity index (χ1v) is 10.7. The fourth-order valence-corrected chi connectivity index (χ4v) is 4.45. The van der Waals surface area contributed by atoms with Crippen molar-refractivity contribution in [1.29, 1.82) is 0 Å². The van der Waals surface area contributed by atoms with Gasteiger partial charge in [0.05, 0.1) is 23.5 Å². The van der Waals surface area contributed by atoms with Gasteiger partial charge >= 0.3 is 0 Å². The molecule has 0 spiro atoms. The van der Waals surface area contributed by atoms with E-state index in [4.69, 9.17) is 11.6 Å². The standard InChI is InChI=1S/C18H15ClN6O2S2/c1-24(8-14-21-13-5-6-28-16(13)17(27)22-14)15(26)9-29-18-23-20-10-25(18)12-4-2-3-11(19)7-12/h2-7,10H,8-9H2,1H3,(H,21,22,27). The highest BCUT2D eigenvalue weighted by atomic mass is 35.5. The minimum Gasteiger partial charge on any atom is -0.338 e. The van der Waals surface area contributed by atoms with Gasteiger partial charge in [0.25, 0.3) is 5.56 Å². The minimum absolute atomic E-state index is 0.122. The first kappa shape index (κ1) is 19.6. The van der Waals surface area contributed by atoms with Crippen LogP contribution in [-0.4, -0.2) is 48.3 Å². The molecule has 0 unspecified atom stereocenters. The van der Waals surface area contributed by atoms with Gasteiger partial charge in [-0.05, 0) is 29.6 Å². The molecule has 1 N–H and O–H groups in total. The van der Waals surface area contributed by atoms with Crippen LogP contribution < -0.4 is 5.56 Å². The van der Waals surface area contributed by atoms with Gasteiger partial charge in [0, 0.05) is 12.1 Å². The van der Waals surface area contributed by atoms with Crippen LogP contribution >= 0.6 is 34.7 Å². The molecule has 8 nitrogen and oxygen atoms in total. The first-order valence-electron chi connectivity index (χ1n) is 8.50. The molecule has 3 heterocycles. The third kappa shape index (κ3) is 4.34. The van der Waals surface area contributed by atoms with Crippen molar-refractivity contribution in [2.45, 2.75) is 11.7 Å². The Labute approximate surface area is 178 Å². The summed E-state index contributed by atoms with van der Waals surface area (Å²) in [5, 5.41) is 11.0. The van der Waals surface area contributed by atoms with Crippen molar-refractivity contribution in [3.8, 4) is 5.69 Å². The summed E-state index contributed by atoms with van der Waals surface area (Å²) in [5.74, 6) is 0.494. The molecule has 0 saturated heterocycles. The van der Waals surface area contributed by atoms with E-state index in [-0.39, 0.29) is 23.8 Å². The van der Waals surface area contributed by atoms with Crippen molar-refractivity contribution < 1.29 is 4.79 Å². The molecule has 4 aromatic rings. The number of H-pyrrole nitrogens is 1. The zero-order chi connectivity index (χ0) is 20.4. The first-order chi connectivity index (χ1) is 14.0. The van der Waals surface area contributed by atoms with Crippen molar-refractivity contribution in [3.05, 3.63) is 63.2 Å². The van der Waals surface area contributed by atoms with Crippen molar-refractivity contribution in [2.24, 2.45) is 0 Å². The van der Waals surface area contributed by atoms with Gasteiger partial charge in [0.15, 0.2) is 5.16 Å². The molecular weight excluding hydrogens is 432 g/mol. The van der Waals surface area contributed by atoms with Crippen LogP contribution in [0.15, 0.2) is 52.0 Å². The number of amides is 1. The fraction of sp³-hybridized carbons (Fsp3) is 0.167. The quantitative estimate of drug-likeness (QED) is 0.457. The second kappa shape index (κ2) is 8.36. The molecule has 0 atom stereocenters. The number of halogens is 1. The molecule has 0 aliphatic heterocycles. The highest BCUT2D eigenvalue weighted by Gasteiger charge is 2.15. The minimum atomic E-state index is -0.190. The number of thioether (sulfide) groups is 1. The lowest BCUT2D eigenvalue weighted by atomic mass is 10.3. The van der Waals surface area contributed by atoms with Crippen LogP contribution in [0.4, 0.5) is 0 Å². The Morgan fingerprint density at radius 3 is 3.07 bits per heavy atom. The van der Waals surface area contributed by atoms with Crippen LogP contribution in [0.25, 0.3) is 15.9 Å². The van der Waals surface area contributed by atoms with Gasteiger partial charge in [-0.1, -0.05) is 29.4 Å². The molecule has 0 aliphatic rings. The summed E-state index contributed by atoms with van der Waals surface area (Å²) in [6, 6.07) is 9.09. The van der Waals surface area contributed by atoms with E-state index in [0.717, 1.165) is 5.69 Å². The van der Waals surface area contributed by atoms with Gasteiger partial charge in [-0.2, -0.15) is 0 Å². The van der Waals surface area contributed by atoms with Crippen LogP contribution in [0.1, 0.15) is 5.82 Å². The number of thiophene rings is 1. The summed E-state index contributed by atoms with van der Waals surface area (Å²) in [6.07, 6.45) is 1.58. The molecule has 1 amide bonds. The number of rotatable bonds is 6. The van der Waals surface area contributed by atoms with Crippen molar-refractivity contribution in [2.75, 3.05) is 12.8 Å². The molecular formula is C18H15ClN6O2S2. The molecule has 29 heavy (non-hydrogen) atoms. The number of fused-ring (bicyclic) bond motifs is 1. The average molecular weight is 447 g/mol. The monoisotopic (exact) mass is 446 g/mol. The second-order valence-electron chi connectivity index (χ2n) is 6.15. The molecule has 3 aromatic heterocycles. The molecule has 1 aromatic carbocycles. The highest BCUT2D eigenvalue weighted by Crippen LogP contribution is 2.22. The SMILES string of the molecule is CN(Cc1nc2ccsc2c(=O)[nH]1)C(=O)CSc1nncn1-c1cccc(Cl)c1. The highest BCUT2D eigenvalue weighted by molar-refractivity contribution is 7.99. The number of carbonyl (C=O) groups is 1. The predicted molar refractivity (Wildman–Crippen MR) is 114 cm³/mol. The third-order valence-corrected chi connectivity index (χ3v) is 6.17. The van der Waals surface area contributed by atoms with Crippen molar-refractivity contribution in [3.63, 3.8) is 0 Å². The summed E-state index contributed by atoms with van der Waals surface area (Å²) in [4.78, 5) is 33.3. The van der Waals surface area contributed by atoms with Gasteiger partial charge in [-0.25, -0.2) is 4.98 Å². The van der Waals surface area contributed by atoms with E-state index in [1.807, 2.05) is 17.5 Å². The van der Waals surface area contributed by atoms with Crippen LogP contribution in [-0.2, 0) is 11.3 Å². The van der Waals surface area contributed by atoms with Crippen molar-refractivity contribution >= 4 is 50.8 Å². The predicted octanol–water partition coefficient (Wildman–Crippen LogP) is 2.97. The lowest BCUT2D eigenvalue weighted by Gasteiger charge is -2.16. The molecule has 0 aliphatic carbocycles. The number of hydrogen-bond acceptors (Lipinski definition) is 7. The Bertz CT molecular complexity index is 1230. The van der Waals surface area contributed by atoms with Crippen molar-refractivity contribution in [1.82, 2.24) is 29.6 Å². The largest absolute Gasteiger partial charge is 0.338 e. The number of carbonyl (C=O) groups excluding carboxylic acids is 1. The maximum Gasteiger partial charge on any atom is 0.268 e. The number of aromatic nitrogens is 5. The molecule has 11 heteroatoms. The average Bonchev–Trinajstić information content (AvgIpc) is 3.35. The van der Waals surface area contributed by atoms with Crippen LogP contribution in [0, 0.1) is 0 Å². The van der Waals surface area contributed by atoms with E-state index in [2.05, 4.69) is 20.2 Å². The Morgan fingerprint density at radius 2 is 2.24 bits per heavy atom. The van der Waals surface area contributed by atoms with Gasteiger partial charge in [0.1, 0.15) is 16.9 Å². The number of aromatic amines is 1. The van der Waals surface area contributed by atoms with Crippen LogP contribution in [0.2, 0.25) is 5.02 Å².